The third-order valence-corrected chi connectivity index (χ3v) is 4.68. The molecule has 0 radical (unpaired) electrons. The Kier molecular flexibility index (Phi) is 3.65. The number of nitrogens with zero attached hydrogens (tertiary/aromatic N) is 2. The van der Waals surface area contributed by atoms with Crippen molar-refractivity contribution in [2.45, 2.75) is 51.4 Å². The maximum Gasteiger partial charge on any atom is 0.224 e. The van der Waals surface area contributed by atoms with Crippen molar-refractivity contribution in [1.29, 1.82) is 0 Å². The topological polar surface area (TPSA) is 49.5 Å². The van der Waals surface area contributed by atoms with Gasteiger partial charge in [-0.2, -0.15) is 4.74 Å². The Balaban J connectivity index is 2.31. The lowest BCUT2D eigenvalue weighted by Crippen LogP contribution is -2.50. The van der Waals surface area contributed by atoms with Gasteiger partial charge in [-0.05, 0) is 26.5 Å². The Morgan fingerprint density at radius 2 is 1.75 bits per heavy atom. The van der Waals surface area contributed by atoms with Gasteiger partial charge in [0.15, 0.2) is 5.71 Å². The molecule has 4 heteroatoms. The van der Waals surface area contributed by atoms with Crippen LogP contribution in [-0.2, 0) is 0 Å². The van der Waals surface area contributed by atoms with Crippen molar-refractivity contribution in [2.75, 3.05) is 7.05 Å². The first kappa shape index (κ1) is 15.0. The van der Waals surface area contributed by atoms with Gasteiger partial charge in [0.2, 0.25) is 5.66 Å². The normalized spacial score (nSPS) is 23.1. The van der Waals surface area contributed by atoms with E-state index in [9.17, 15) is 10.3 Å². The fourth-order valence-electron chi connectivity index (χ4n) is 2.90. The second-order valence-corrected chi connectivity index (χ2v) is 6.48. The van der Waals surface area contributed by atoms with E-state index in [1.807, 2.05) is 65.1 Å². The highest BCUT2D eigenvalue weighted by Gasteiger charge is 2.54. The molecule has 0 amide bonds. The van der Waals surface area contributed by atoms with Crippen molar-refractivity contribution in [2.24, 2.45) is 0 Å². The lowest BCUT2D eigenvalue weighted by Gasteiger charge is -2.32. The van der Waals surface area contributed by atoms with E-state index in [1.165, 1.54) is 0 Å². The molecule has 1 unspecified atom stereocenters. The van der Waals surface area contributed by atoms with Crippen molar-refractivity contribution in [3.63, 3.8) is 0 Å². The van der Waals surface area contributed by atoms with Crippen molar-refractivity contribution < 1.29 is 9.85 Å². The molecule has 0 saturated heterocycles. The predicted molar refractivity (Wildman–Crippen MR) is 80.6 cm³/mol. The van der Waals surface area contributed by atoms with Crippen molar-refractivity contribution in [3.05, 3.63) is 41.1 Å². The number of hydrogen-bond acceptors (Lipinski definition) is 3. The summed E-state index contributed by atoms with van der Waals surface area (Å²) >= 11 is 0. The molecule has 4 nitrogen and oxygen atoms in total. The highest BCUT2D eigenvalue weighted by atomic mass is 16.5. The van der Waals surface area contributed by atoms with E-state index >= 15 is 0 Å². The van der Waals surface area contributed by atoms with Gasteiger partial charge in [0.1, 0.15) is 5.54 Å². The summed E-state index contributed by atoms with van der Waals surface area (Å²) < 4.78 is 1.05. The van der Waals surface area contributed by atoms with Crippen LogP contribution in [0, 0.1) is 5.21 Å². The van der Waals surface area contributed by atoms with E-state index in [0.717, 1.165) is 16.0 Å². The predicted octanol–water partition coefficient (Wildman–Crippen LogP) is 2.52. The minimum Gasteiger partial charge on any atom is -0.622 e. The summed E-state index contributed by atoms with van der Waals surface area (Å²) in [6.07, 6.45) is -0.293. The van der Waals surface area contributed by atoms with E-state index < -0.39 is 11.8 Å². The van der Waals surface area contributed by atoms with Gasteiger partial charge in [0.05, 0.1) is 12.5 Å². The molecule has 1 aromatic carbocycles. The van der Waals surface area contributed by atoms with Crippen molar-refractivity contribution in [1.82, 2.24) is 4.90 Å². The van der Waals surface area contributed by atoms with Crippen LogP contribution in [-0.4, -0.2) is 38.7 Å². The van der Waals surface area contributed by atoms with Gasteiger partial charge in [-0.3, -0.25) is 0 Å². The van der Waals surface area contributed by atoms with E-state index in [4.69, 9.17) is 0 Å². The minimum atomic E-state index is -0.649. The Morgan fingerprint density at radius 3 is 2.20 bits per heavy atom. The fraction of sp³-hybridized carbons (Fsp3) is 0.562. The molecule has 1 heterocycles. The highest BCUT2D eigenvalue weighted by molar-refractivity contribution is 5.90. The molecular weight excluding hydrogens is 252 g/mol. The van der Waals surface area contributed by atoms with E-state index in [1.54, 1.807) is 0 Å². The average Bonchev–Trinajstić information content (AvgIpc) is 2.52. The van der Waals surface area contributed by atoms with Gasteiger partial charge < -0.3 is 10.3 Å². The number of hydrogen-bond donors (Lipinski definition) is 1. The molecule has 0 saturated carbocycles. The van der Waals surface area contributed by atoms with E-state index in [0.29, 0.717) is 6.42 Å². The van der Waals surface area contributed by atoms with Crippen LogP contribution in [0.5, 0.6) is 0 Å². The van der Waals surface area contributed by atoms with Crippen LogP contribution >= 0.6 is 0 Å². The molecule has 0 bridgehead atoms. The molecule has 0 fully saturated rings. The van der Waals surface area contributed by atoms with Crippen LogP contribution in [0.4, 0.5) is 0 Å². The average molecular weight is 276 g/mol. The van der Waals surface area contributed by atoms with Crippen LogP contribution < -0.4 is 0 Å². The van der Waals surface area contributed by atoms with Crippen LogP contribution in [0.15, 0.2) is 30.3 Å². The Hall–Kier alpha value is -1.39. The van der Waals surface area contributed by atoms with Crippen LogP contribution in [0.2, 0.25) is 0 Å². The van der Waals surface area contributed by atoms with E-state index in [2.05, 4.69) is 4.90 Å². The van der Waals surface area contributed by atoms with E-state index in [-0.39, 0.29) is 5.54 Å². The summed E-state index contributed by atoms with van der Waals surface area (Å²) in [7, 11) is 1.95. The first-order chi connectivity index (χ1) is 9.19. The zero-order valence-electron chi connectivity index (χ0n) is 12.9. The first-order valence-corrected chi connectivity index (χ1v) is 6.99. The number of aliphatic hydroxyl groups is 1. The molecule has 1 aliphatic rings. The fourth-order valence-corrected chi connectivity index (χ4v) is 2.90. The third-order valence-electron chi connectivity index (χ3n) is 4.68. The van der Waals surface area contributed by atoms with Crippen LogP contribution in [0.3, 0.4) is 0 Å². The molecule has 1 aromatic rings. The summed E-state index contributed by atoms with van der Waals surface area (Å²) in [4.78, 5) is 2.06. The van der Waals surface area contributed by atoms with Gasteiger partial charge in [0.25, 0.3) is 0 Å². The number of hydroxylamine groups is 1. The Bertz CT molecular complexity index is 521. The first-order valence-electron chi connectivity index (χ1n) is 6.99. The second-order valence-electron chi connectivity index (χ2n) is 6.48. The molecule has 2 rings (SSSR count). The quantitative estimate of drug-likeness (QED) is 0.681. The Morgan fingerprint density at radius 1 is 1.20 bits per heavy atom. The number of rotatable bonds is 3. The standard InChI is InChI=1S/C16H24N2O2/c1-15(2)14(18(20)16(3,4)17(15)5)11-13(19)12-9-7-6-8-10-12/h6-10,13,19H,11H2,1-5H3. The molecule has 0 aromatic heterocycles. The number of aliphatic hydroxyl groups excluding tert-OH is 1. The van der Waals surface area contributed by atoms with Gasteiger partial charge in [-0.1, -0.05) is 30.3 Å². The van der Waals surface area contributed by atoms with Crippen LogP contribution in [0.1, 0.15) is 45.8 Å². The molecule has 1 aliphatic heterocycles. The van der Waals surface area contributed by atoms with Crippen molar-refractivity contribution in [3.8, 4) is 0 Å². The van der Waals surface area contributed by atoms with Gasteiger partial charge >= 0.3 is 0 Å². The summed E-state index contributed by atoms with van der Waals surface area (Å²) in [5.74, 6) is 0. The highest BCUT2D eigenvalue weighted by Crippen LogP contribution is 2.35. The lowest BCUT2D eigenvalue weighted by atomic mass is 9.91. The molecule has 0 spiro atoms. The summed E-state index contributed by atoms with van der Waals surface area (Å²) in [5.41, 5.74) is 0.619. The molecule has 110 valence electrons. The number of benzene rings is 1. The SMILES string of the molecule is CN1C(C)(C)C(CC(O)c2ccccc2)=[N+]([O-])C1(C)C. The lowest BCUT2D eigenvalue weighted by molar-refractivity contribution is -0.557. The third kappa shape index (κ3) is 2.23. The maximum absolute atomic E-state index is 12.5. The smallest absolute Gasteiger partial charge is 0.224 e. The largest absolute Gasteiger partial charge is 0.622 e. The molecule has 20 heavy (non-hydrogen) atoms. The Labute approximate surface area is 120 Å². The zero-order valence-corrected chi connectivity index (χ0v) is 12.9. The summed E-state index contributed by atoms with van der Waals surface area (Å²) in [5, 5.41) is 22.9. The summed E-state index contributed by atoms with van der Waals surface area (Å²) in [6, 6.07) is 9.48. The maximum atomic E-state index is 12.5. The molecule has 0 aliphatic carbocycles. The van der Waals surface area contributed by atoms with Gasteiger partial charge in [0, 0.05) is 13.8 Å². The molecule has 1 N–H and O–H groups in total. The monoisotopic (exact) mass is 276 g/mol. The van der Waals surface area contributed by atoms with Gasteiger partial charge in [-0.15, -0.1) is 0 Å². The molecule has 1 atom stereocenters. The van der Waals surface area contributed by atoms with Crippen molar-refractivity contribution >= 4 is 5.71 Å². The molecular formula is C16H24N2O2. The van der Waals surface area contributed by atoms with Gasteiger partial charge in [-0.25, -0.2) is 4.90 Å². The van der Waals surface area contributed by atoms with Crippen LogP contribution in [0.25, 0.3) is 0 Å². The second kappa shape index (κ2) is 4.86. The minimum absolute atomic E-state index is 0.355. The zero-order chi connectivity index (χ0) is 15.1. The summed E-state index contributed by atoms with van der Waals surface area (Å²) in [6.45, 7) is 7.87.